The van der Waals surface area contributed by atoms with E-state index in [4.69, 9.17) is 0 Å². The maximum atomic E-state index is 9.57. The van der Waals surface area contributed by atoms with Gasteiger partial charge in [-0.2, -0.15) is 0 Å². The summed E-state index contributed by atoms with van der Waals surface area (Å²) in [7, 11) is 2.05. The molecule has 0 aromatic heterocycles. The maximum absolute atomic E-state index is 9.57. The lowest BCUT2D eigenvalue weighted by molar-refractivity contribution is 0.473. The summed E-state index contributed by atoms with van der Waals surface area (Å²) in [5.41, 5.74) is 3.60. The highest BCUT2D eigenvalue weighted by Gasteiger charge is 2.23. The van der Waals surface area contributed by atoms with E-state index in [1.165, 1.54) is 11.1 Å². The molecule has 1 atom stereocenters. The Labute approximate surface area is 112 Å². The Bertz CT molecular complexity index is 592. The van der Waals surface area contributed by atoms with Gasteiger partial charge < -0.3 is 15.1 Å². The van der Waals surface area contributed by atoms with Gasteiger partial charge in [-0.05, 0) is 35.7 Å². The molecule has 1 unspecified atom stereocenters. The summed E-state index contributed by atoms with van der Waals surface area (Å²) in [6.07, 6.45) is 0.963. The first-order valence-corrected chi connectivity index (χ1v) is 6.45. The van der Waals surface area contributed by atoms with Crippen LogP contribution in [0.15, 0.2) is 42.5 Å². The van der Waals surface area contributed by atoms with Gasteiger partial charge in [0.25, 0.3) is 0 Å². The molecular weight excluding hydrogens is 238 g/mol. The van der Waals surface area contributed by atoms with Crippen molar-refractivity contribution in [3.05, 3.63) is 53.6 Å². The molecule has 0 amide bonds. The monoisotopic (exact) mass is 255 g/mol. The first-order chi connectivity index (χ1) is 9.13. The zero-order valence-electron chi connectivity index (χ0n) is 10.9. The molecule has 0 fully saturated rings. The summed E-state index contributed by atoms with van der Waals surface area (Å²) in [5, 5.41) is 18.9. The first kappa shape index (κ1) is 11.9. The van der Waals surface area contributed by atoms with E-state index in [-0.39, 0.29) is 0 Å². The van der Waals surface area contributed by atoms with Crippen molar-refractivity contribution in [3.63, 3.8) is 0 Å². The molecule has 1 aliphatic heterocycles. The molecule has 0 saturated carbocycles. The summed E-state index contributed by atoms with van der Waals surface area (Å²) in [6, 6.07) is 13.0. The van der Waals surface area contributed by atoms with Gasteiger partial charge in [-0.15, -0.1) is 0 Å². The van der Waals surface area contributed by atoms with E-state index >= 15 is 0 Å². The number of hydrogen-bond donors (Lipinski definition) is 2. The van der Waals surface area contributed by atoms with Crippen LogP contribution in [0.2, 0.25) is 0 Å². The summed E-state index contributed by atoms with van der Waals surface area (Å²) in [4.78, 5) is 2.18. The Kier molecular flexibility index (Phi) is 2.82. The second-order valence-corrected chi connectivity index (χ2v) is 5.19. The molecule has 19 heavy (non-hydrogen) atoms. The van der Waals surface area contributed by atoms with Crippen LogP contribution in [0.1, 0.15) is 17.0 Å². The SMILES string of the molecule is CN1CC(c2ccc(O)cc2)Cc2ccc(O)cc21. The number of phenolic OH excluding ortho intramolecular Hbond substituents is 2. The highest BCUT2D eigenvalue weighted by Crippen LogP contribution is 2.35. The number of anilines is 1. The number of aromatic hydroxyl groups is 2. The van der Waals surface area contributed by atoms with E-state index in [2.05, 4.69) is 4.90 Å². The fourth-order valence-corrected chi connectivity index (χ4v) is 2.81. The predicted molar refractivity (Wildman–Crippen MR) is 75.9 cm³/mol. The average molecular weight is 255 g/mol. The number of hydrogen-bond acceptors (Lipinski definition) is 3. The highest BCUT2D eigenvalue weighted by molar-refractivity contribution is 5.59. The topological polar surface area (TPSA) is 43.7 Å². The minimum atomic E-state index is 0.304. The molecule has 0 saturated heterocycles. The third kappa shape index (κ3) is 2.24. The largest absolute Gasteiger partial charge is 0.508 e. The van der Waals surface area contributed by atoms with Gasteiger partial charge in [-0.3, -0.25) is 0 Å². The van der Waals surface area contributed by atoms with Crippen molar-refractivity contribution < 1.29 is 10.2 Å². The number of phenols is 2. The van der Waals surface area contributed by atoms with Crippen molar-refractivity contribution in [2.24, 2.45) is 0 Å². The minimum Gasteiger partial charge on any atom is -0.508 e. The summed E-state index contributed by atoms with van der Waals surface area (Å²) in [5.74, 6) is 1.04. The van der Waals surface area contributed by atoms with Gasteiger partial charge in [0.1, 0.15) is 11.5 Å². The van der Waals surface area contributed by atoms with Gasteiger partial charge in [-0.1, -0.05) is 18.2 Å². The zero-order chi connectivity index (χ0) is 13.4. The lowest BCUT2D eigenvalue weighted by atomic mass is 9.87. The lowest BCUT2D eigenvalue weighted by Gasteiger charge is -2.33. The van der Waals surface area contributed by atoms with Crippen molar-refractivity contribution in [2.75, 3.05) is 18.5 Å². The Hall–Kier alpha value is -2.16. The van der Waals surface area contributed by atoms with Crippen molar-refractivity contribution in [2.45, 2.75) is 12.3 Å². The molecule has 2 aromatic rings. The number of fused-ring (bicyclic) bond motifs is 1. The van der Waals surface area contributed by atoms with Crippen LogP contribution in [-0.2, 0) is 6.42 Å². The van der Waals surface area contributed by atoms with Crippen LogP contribution >= 0.6 is 0 Å². The number of likely N-dealkylation sites (N-methyl/N-ethyl adjacent to an activating group) is 1. The molecular formula is C16H17NO2. The van der Waals surface area contributed by atoms with Crippen LogP contribution in [-0.4, -0.2) is 23.8 Å². The molecule has 1 heterocycles. The van der Waals surface area contributed by atoms with Gasteiger partial charge in [0, 0.05) is 31.3 Å². The van der Waals surface area contributed by atoms with E-state index in [0.717, 1.165) is 18.7 Å². The van der Waals surface area contributed by atoms with Crippen molar-refractivity contribution >= 4 is 5.69 Å². The predicted octanol–water partition coefficient (Wildman–Crippen LogP) is 2.87. The van der Waals surface area contributed by atoms with Gasteiger partial charge >= 0.3 is 0 Å². The standard InChI is InChI=1S/C16H17NO2/c1-17-10-13(11-2-5-14(18)6-3-11)8-12-4-7-15(19)9-16(12)17/h2-7,9,13,18-19H,8,10H2,1H3. The van der Waals surface area contributed by atoms with E-state index in [1.54, 1.807) is 18.2 Å². The molecule has 1 aliphatic rings. The average Bonchev–Trinajstić information content (AvgIpc) is 2.40. The van der Waals surface area contributed by atoms with Crippen LogP contribution in [0.4, 0.5) is 5.69 Å². The third-order valence-corrected chi connectivity index (χ3v) is 3.81. The quantitative estimate of drug-likeness (QED) is 0.823. The lowest BCUT2D eigenvalue weighted by Crippen LogP contribution is -2.30. The summed E-state index contributed by atoms with van der Waals surface area (Å²) in [6.45, 7) is 0.918. The smallest absolute Gasteiger partial charge is 0.117 e. The van der Waals surface area contributed by atoms with Crippen LogP contribution in [0.5, 0.6) is 11.5 Å². The second kappa shape index (κ2) is 4.50. The van der Waals surface area contributed by atoms with Gasteiger partial charge in [0.05, 0.1) is 0 Å². The van der Waals surface area contributed by atoms with E-state index in [9.17, 15) is 10.2 Å². The van der Waals surface area contributed by atoms with Crippen molar-refractivity contribution in [1.29, 1.82) is 0 Å². The van der Waals surface area contributed by atoms with Gasteiger partial charge in [-0.25, -0.2) is 0 Å². The molecule has 0 aliphatic carbocycles. The third-order valence-electron chi connectivity index (χ3n) is 3.81. The summed E-state index contributed by atoms with van der Waals surface area (Å²) < 4.78 is 0. The van der Waals surface area contributed by atoms with Crippen LogP contribution < -0.4 is 4.90 Å². The van der Waals surface area contributed by atoms with Crippen molar-refractivity contribution in [3.8, 4) is 11.5 Å². The van der Waals surface area contributed by atoms with E-state index < -0.39 is 0 Å². The second-order valence-electron chi connectivity index (χ2n) is 5.19. The molecule has 3 rings (SSSR count). The number of rotatable bonds is 1. The Balaban J connectivity index is 1.92. The number of benzene rings is 2. The Morgan fingerprint density at radius 3 is 2.42 bits per heavy atom. The fraction of sp³-hybridized carbons (Fsp3) is 0.250. The minimum absolute atomic E-state index is 0.304. The van der Waals surface area contributed by atoms with Gasteiger partial charge in [0.15, 0.2) is 0 Å². The molecule has 0 spiro atoms. The molecule has 98 valence electrons. The van der Waals surface area contributed by atoms with E-state index in [0.29, 0.717) is 17.4 Å². The normalized spacial score (nSPS) is 18.2. The van der Waals surface area contributed by atoms with E-state index in [1.807, 2.05) is 31.3 Å². The molecule has 3 heteroatoms. The van der Waals surface area contributed by atoms with Gasteiger partial charge in [0.2, 0.25) is 0 Å². The Morgan fingerprint density at radius 2 is 1.68 bits per heavy atom. The maximum Gasteiger partial charge on any atom is 0.117 e. The molecule has 2 N–H and O–H groups in total. The highest BCUT2D eigenvalue weighted by atomic mass is 16.3. The van der Waals surface area contributed by atoms with Crippen LogP contribution in [0.25, 0.3) is 0 Å². The molecule has 2 aromatic carbocycles. The Morgan fingerprint density at radius 1 is 1.00 bits per heavy atom. The zero-order valence-corrected chi connectivity index (χ0v) is 10.9. The van der Waals surface area contributed by atoms with Crippen LogP contribution in [0, 0.1) is 0 Å². The molecule has 0 radical (unpaired) electrons. The van der Waals surface area contributed by atoms with Crippen molar-refractivity contribution in [1.82, 2.24) is 0 Å². The first-order valence-electron chi connectivity index (χ1n) is 6.45. The molecule has 3 nitrogen and oxygen atoms in total. The summed E-state index contributed by atoms with van der Waals surface area (Å²) >= 11 is 0. The van der Waals surface area contributed by atoms with Crippen LogP contribution in [0.3, 0.4) is 0 Å². The molecule has 0 bridgehead atoms. The number of nitrogens with zero attached hydrogens (tertiary/aromatic N) is 1. The fourth-order valence-electron chi connectivity index (χ4n) is 2.81.